The van der Waals surface area contributed by atoms with Crippen LogP contribution in [0, 0.1) is 0 Å². The van der Waals surface area contributed by atoms with Gasteiger partial charge in [-0.3, -0.25) is 4.98 Å². The molecule has 18 heavy (non-hydrogen) atoms. The van der Waals surface area contributed by atoms with Gasteiger partial charge in [-0.2, -0.15) is 0 Å². The van der Waals surface area contributed by atoms with Gasteiger partial charge in [0.05, 0.1) is 13.2 Å². The molecular formula is C14H25N3O. The van der Waals surface area contributed by atoms with Gasteiger partial charge in [-0.05, 0) is 13.5 Å². The zero-order valence-electron chi connectivity index (χ0n) is 11.8. The summed E-state index contributed by atoms with van der Waals surface area (Å²) in [6, 6.07) is 0.232. The van der Waals surface area contributed by atoms with Crippen molar-refractivity contribution in [2.45, 2.75) is 51.5 Å². The molecule has 1 N–H and O–H groups in total. The number of hydrogen-bond acceptors (Lipinski definition) is 4. The molecule has 1 aromatic rings. The smallest absolute Gasteiger partial charge is 0.236 e. The molecule has 1 heterocycles. The van der Waals surface area contributed by atoms with E-state index in [-0.39, 0.29) is 6.04 Å². The van der Waals surface area contributed by atoms with Gasteiger partial charge in [-0.25, -0.2) is 4.98 Å². The second-order valence-electron chi connectivity index (χ2n) is 4.50. The van der Waals surface area contributed by atoms with Crippen LogP contribution in [0.3, 0.4) is 0 Å². The summed E-state index contributed by atoms with van der Waals surface area (Å²) in [5.41, 5.74) is 0.915. The summed E-state index contributed by atoms with van der Waals surface area (Å²) in [5.74, 6) is 0.630. The molecule has 4 heteroatoms. The summed E-state index contributed by atoms with van der Waals surface area (Å²) in [6.45, 7) is 2.24. The minimum Gasteiger partial charge on any atom is -0.480 e. The van der Waals surface area contributed by atoms with Crippen LogP contribution in [0.5, 0.6) is 5.88 Å². The van der Waals surface area contributed by atoms with E-state index in [1.165, 1.54) is 32.1 Å². The monoisotopic (exact) mass is 251 g/mol. The molecule has 1 aromatic heterocycles. The van der Waals surface area contributed by atoms with Gasteiger partial charge in [0.2, 0.25) is 5.88 Å². The summed E-state index contributed by atoms with van der Waals surface area (Å²) in [5, 5.41) is 3.30. The predicted molar refractivity (Wildman–Crippen MR) is 73.8 cm³/mol. The fourth-order valence-corrected chi connectivity index (χ4v) is 2.10. The maximum Gasteiger partial charge on any atom is 0.236 e. The third-order valence-electron chi connectivity index (χ3n) is 3.16. The van der Waals surface area contributed by atoms with Crippen molar-refractivity contribution in [2.75, 3.05) is 14.2 Å². The van der Waals surface area contributed by atoms with Crippen LogP contribution in [0.15, 0.2) is 12.4 Å². The van der Waals surface area contributed by atoms with Gasteiger partial charge in [-0.15, -0.1) is 0 Å². The van der Waals surface area contributed by atoms with E-state index in [0.29, 0.717) is 5.88 Å². The summed E-state index contributed by atoms with van der Waals surface area (Å²) >= 11 is 0. The predicted octanol–water partition coefficient (Wildman–Crippen LogP) is 3.11. The molecule has 0 aromatic carbocycles. The Bertz CT molecular complexity index is 331. The maximum atomic E-state index is 5.26. The molecular weight excluding hydrogens is 226 g/mol. The molecule has 102 valence electrons. The van der Waals surface area contributed by atoms with Crippen LogP contribution in [-0.4, -0.2) is 24.1 Å². The van der Waals surface area contributed by atoms with E-state index in [2.05, 4.69) is 22.2 Å². The largest absolute Gasteiger partial charge is 0.480 e. The number of hydrogen-bond donors (Lipinski definition) is 1. The summed E-state index contributed by atoms with van der Waals surface area (Å²) in [4.78, 5) is 8.58. The number of rotatable bonds is 9. The van der Waals surface area contributed by atoms with Crippen molar-refractivity contribution in [3.8, 4) is 5.88 Å². The minimum atomic E-state index is 0.232. The van der Waals surface area contributed by atoms with E-state index in [9.17, 15) is 0 Å². The fourth-order valence-electron chi connectivity index (χ4n) is 2.10. The second kappa shape index (κ2) is 8.86. The van der Waals surface area contributed by atoms with E-state index >= 15 is 0 Å². The average molecular weight is 251 g/mol. The minimum absolute atomic E-state index is 0.232. The van der Waals surface area contributed by atoms with Gasteiger partial charge in [0.1, 0.15) is 5.69 Å². The molecule has 0 aliphatic heterocycles. The van der Waals surface area contributed by atoms with Crippen molar-refractivity contribution in [3.05, 3.63) is 18.1 Å². The highest BCUT2D eigenvalue weighted by Gasteiger charge is 2.16. The Hall–Kier alpha value is -1.16. The molecule has 0 saturated carbocycles. The highest BCUT2D eigenvalue weighted by molar-refractivity contribution is 5.20. The van der Waals surface area contributed by atoms with Crippen molar-refractivity contribution < 1.29 is 4.74 Å². The molecule has 0 radical (unpaired) electrons. The molecule has 0 spiro atoms. The lowest BCUT2D eigenvalue weighted by atomic mass is 10.0. The van der Waals surface area contributed by atoms with Crippen LogP contribution < -0.4 is 10.1 Å². The zero-order valence-corrected chi connectivity index (χ0v) is 11.8. The standard InChI is InChI=1S/C14H25N3O/c1-4-5-6-7-8-9-12(15-2)13-14(18-3)17-11-10-16-13/h10-12,15H,4-9H2,1-3H3. The van der Waals surface area contributed by atoms with Crippen LogP contribution in [0.2, 0.25) is 0 Å². The summed E-state index contributed by atoms with van der Waals surface area (Å²) in [6.07, 6.45) is 10.9. The highest BCUT2D eigenvalue weighted by atomic mass is 16.5. The molecule has 1 unspecified atom stereocenters. The lowest BCUT2D eigenvalue weighted by Gasteiger charge is -2.17. The normalized spacial score (nSPS) is 12.4. The lowest BCUT2D eigenvalue weighted by molar-refractivity contribution is 0.374. The first kappa shape index (κ1) is 14.9. The molecule has 1 atom stereocenters. The Morgan fingerprint density at radius 3 is 2.56 bits per heavy atom. The molecule has 1 rings (SSSR count). The van der Waals surface area contributed by atoms with Gasteiger partial charge in [0.15, 0.2) is 0 Å². The van der Waals surface area contributed by atoms with Gasteiger partial charge >= 0.3 is 0 Å². The molecule has 0 bridgehead atoms. The number of nitrogens with one attached hydrogen (secondary N) is 1. The first-order valence-electron chi connectivity index (χ1n) is 6.85. The first-order valence-corrected chi connectivity index (χ1v) is 6.85. The number of nitrogens with zero attached hydrogens (tertiary/aromatic N) is 2. The third-order valence-corrected chi connectivity index (χ3v) is 3.16. The van der Waals surface area contributed by atoms with E-state index in [0.717, 1.165) is 12.1 Å². The summed E-state index contributed by atoms with van der Waals surface area (Å²) < 4.78 is 5.26. The number of methoxy groups -OCH3 is 1. The topological polar surface area (TPSA) is 47.0 Å². The van der Waals surface area contributed by atoms with E-state index < -0.39 is 0 Å². The third kappa shape index (κ3) is 4.61. The maximum absolute atomic E-state index is 5.26. The Kier molecular flexibility index (Phi) is 7.34. The Morgan fingerprint density at radius 1 is 1.17 bits per heavy atom. The van der Waals surface area contributed by atoms with E-state index in [4.69, 9.17) is 4.74 Å². The van der Waals surface area contributed by atoms with Crippen LogP contribution >= 0.6 is 0 Å². The zero-order chi connectivity index (χ0) is 13.2. The van der Waals surface area contributed by atoms with Crippen LogP contribution in [0.1, 0.15) is 57.2 Å². The van der Waals surface area contributed by atoms with Crippen molar-refractivity contribution in [1.29, 1.82) is 0 Å². The second-order valence-corrected chi connectivity index (χ2v) is 4.50. The van der Waals surface area contributed by atoms with Crippen LogP contribution in [0.25, 0.3) is 0 Å². The van der Waals surface area contributed by atoms with Gasteiger partial charge in [-0.1, -0.05) is 39.0 Å². The highest BCUT2D eigenvalue weighted by Crippen LogP contribution is 2.24. The molecule has 0 aliphatic carbocycles. The van der Waals surface area contributed by atoms with Gasteiger partial charge in [0.25, 0.3) is 0 Å². The first-order chi connectivity index (χ1) is 8.83. The van der Waals surface area contributed by atoms with Crippen molar-refractivity contribution in [1.82, 2.24) is 15.3 Å². The van der Waals surface area contributed by atoms with Crippen molar-refractivity contribution in [2.24, 2.45) is 0 Å². The summed E-state index contributed by atoms with van der Waals surface area (Å²) in [7, 11) is 3.60. The number of aromatic nitrogens is 2. The Labute approximate surface area is 110 Å². The molecule has 4 nitrogen and oxygen atoms in total. The molecule has 0 aliphatic rings. The number of ether oxygens (including phenoxy) is 1. The Balaban J connectivity index is 2.49. The molecule has 0 saturated heterocycles. The Morgan fingerprint density at radius 2 is 1.89 bits per heavy atom. The number of unbranched alkanes of at least 4 members (excludes halogenated alkanes) is 4. The van der Waals surface area contributed by atoms with E-state index in [1.54, 1.807) is 19.5 Å². The van der Waals surface area contributed by atoms with Gasteiger partial charge < -0.3 is 10.1 Å². The average Bonchev–Trinajstić information content (AvgIpc) is 2.43. The van der Waals surface area contributed by atoms with Crippen molar-refractivity contribution >= 4 is 0 Å². The van der Waals surface area contributed by atoms with Gasteiger partial charge in [0, 0.05) is 12.4 Å². The fraction of sp³-hybridized carbons (Fsp3) is 0.714. The molecule has 0 amide bonds. The lowest BCUT2D eigenvalue weighted by Crippen LogP contribution is -2.19. The quantitative estimate of drug-likeness (QED) is 0.685. The van der Waals surface area contributed by atoms with E-state index in [1.807, 2.05) is 7.05 Å². The van der Waals surface area contributed by atoms with Crippen LogP contribution in [-0.2, 0) is 0 Å². The van der Waals surface area contributed by atoms with Crippen molar-refractivity contribution in [3.63, 3.8) is 0 Å². The SMILES string of the molecule is CCCCCCCC(NC)c1nccnc1OC. The van der Waals surface area contributed by atoms with Crippen LogP contribution in [0.4, 0.5) is 0 Å². The molecule has 0 fully saturated rings.